The molecule has 4 rings (SSSR count). The van der Waals surface area contributed by atoms with Gasteiger partial charge in [-0.25, -0.2) is 0 Å². The van der Waals surface area contributed by atoms with Gasteiger partial charge in [-0.05, 0) is 102 Å². The van der Waals surface area contributed by atoms with Crippen molar-refractivity contribution in [1.29, 1.82) is 0 Å². The van der Waals surface area contributed by atoms with Crippen molar-refractivity contribution >= 4 is 11.8 Å². The van der Waals surface area contributed by atoms with Crippen LogP contribution in [-0.4, -0.2) is 20.4 Å². The molecule has 0 aliphatic heterocycles. The van der Waals surface area contributed by atoms with Gasteiger partial charge in [-0.2, -0.15) is 0 Å². The number of hydrogen-bond acceptors (Lipinski definition) is 5. The van der Waals surface area contributed by atoms with E-state index < -0.39 is 0 Å². The molecular weight excluding hydrogens is 516 g/mol. The molecule has 0 radical (unpaired) electrons. The lowest BCUT2D eigenvalue weighted by molar-refractivity contribution is 0.444. The van der Waals surface area contributed by atoms with Crippen LogP contribution in [0.5, 0.6) is 23.0 Å². The lowest BCUT2D eigenvalue weighted by Gasteiger charge is -2.24. The molecule has 0 aromatic heterocycles. The first kappa shape index (κ1) is 31.0. The fraction of sp³-hybridized carbons (Fsp3) is 0.314. The molecule has 4 N–H and O–H groups in total. The van der Waals surface area contributed by atoms with Gasteiger partial charge in [0.25, 0.3) is 0 Å². The van der Waals surface area contributed by atoms with Gasteiger partial charge in [0.15, 0.2) is 0 Å². The van der Waals surface area contributed by atoms with Gasteiger partial charge in [-0.3, -0.25) is 0 Å². The average molecular weight is 559 g/mol. The van der Waals surface area contributed by atoms with E-state index in [0.717, 1.165) is 49.6 Å². The summed E-state index contributed by atoms with van der Waals surface area (Å²) in [6.07, 6.45) is 0.806. The lowest BCUT2D eigenvalue weighted by Crippen LogP contribution is -2.12. The smallest absolute Gasteiger partial charge is 0.119 e. The molecule has 0 fully saturated rings. The minimum Gasteiger partial charge on any atom is -0.508 e. The maximum atomic E-state index is 10.3. The number of aromatic hydroxyl groups is 4. The Bertz CT molecular complexity index is 1330. The van der Waals surface area contributed by atoms with Crippen molar-refractivity contribution in [2.45, 2.75) is 82.4 Å². The SMILES string of the molecule is Cc1cc(O)c(C(C)(C)C)cc1Sc1cc(C(C)(C)C)c(O)cc1C.Oc1ccc(Cc2ccc(O)cc2)cc1. The third-order valence-corrected chi connectivity index (χ3v) is 8.02. The van der Waals surface area contributed by atoms with E-state index in [-0.39, 0.29) is 22.3 Å². The van der Waals surface area contributed by atoms with E-state index in [9.17, 15) is 10.2 Å². The highest BCUT2D eigenvalue weighted by atomic mass is 32.2. The Morgan fingerprint density at radius 3 is 1.15 bits per heavy atom. The summed E-state index contributed by atoms with van der Waals surface area (Å²) in [5.41, 5.74) is 6.06. The zero-order chi connectivity index (χ0) is 29.8. The summed E-state index contributed by atoms with van der Waals surface area (Å²) in [6, 6.07) is 22.2. The van der Waals surface area contributed by atoms with E-state index in [1.807, 2.05) is 50.2 Å². The summed E-state index contributed by atoms with van der Waals surface area (Å²) in [5, 5.41) is 38.9. The molecule has 4 nitrogen and oxygen atoms in total. The van der Waals surface area contributed by atoms with Crippen LogP contribution in [0.25, 0.3) is 0 Å². The van der Waals surface area contributed by atoms with E-state index in [2.05, 4.69) is 53.7 Å². The molecule has 0 saturated heterocycles. The second-order valence-electron chi connectivity index (χ2n) is 12.4. The summed E-state index contributed by atoms with van der Waals surface area (Å²) in [6.45, 7) is 16.7. The number of phenols is 4. The molecular formula is C35H42O4S. The summed E-state index contributed by atoms with van der Waals surface area (Å²) in [7, 11) is 0. The van der Waals surface area contributed by atoms with Crippen molar-refractivity contribution in [1.82, 2.24) is 0 Å². The zero-order valence-electron chi connectivity index (χ0n) is 24.8. The molecule has 0 amide bonds. The minimum absolute atomic E-state index is 0.117. The Morgan fingerprint density at radius 2 is 0.850 bits per heavy atom. The number of aryl methyl sites for hydroxylation is 2. The normalized spacial score (nSPS) is 11.6. The first-order valence-corrected chi connectivity index (χ1v) is 14.3. The van der Waals surface area contributed by atoms with E-state index in [4.69, 9.17) is 10.2 Å². The number of phenolic OH excluding ortho intramolecular Hbond substituents is 4. The standard InChI is InChI=1S/C22H30O2S.C13H12O2/c1-13-9-17(23)15(21(3,4)5)11-19(13)25-20-12-16(22(6,7)8)18(24)10-14(20)2;14-12-5-1-10(2-6-12)9-11-3-7-13(15)8-4-11/h9-12,23-24H,1-8H3;1-8,14-15H,9H2. The molecule has 4 aromatic rings. The van der Waals surface area contributed by atoms with Crippen LogP contribution in [0, 0.1) is 13.8 Å². The Balaban J connectivity index is 0.000000249. The summed E-state index contributed by atoms with van der Waals surface area (Å²) < 4.78 is 0. The maximum Gasteiger partial charge on any atom is 0.119 e. The van der Waals surface area contributed by atoms with Crippen LogP contribution in [0.15, 0.2) is 82.6 Å². The first-order valence-electron chi connectivity index (χ1n) is 13.5. The predicted molar refractivity (Wildman–Crippen MR) is 166 cm³/mol. The molecule has 0 saturated carbocycles. The van der Waals surface area contributed by atoms with E-state index in [1.165, 1.54) is 0 Å². The number of benzene rings is 4. The second kappa shape index (κ2) is 12.3. The molecule has 0 aliphatic carbocycles. The van der Waals surface area contributed by atoms with Crippen LogP contribution < -0.4 is 0 Å². The topological polar surface area (TPSA) is 80.9 Å². The van der Waals surface area contributed by atoms with Crippen LogP contribution in [0.2, 0.25) is 0 Å². The van der Waals surface area contributed by atoms with Gasteiger partial charge >= 0.3 is 0 Å². The minimum atomic E-state index is -0.117. The van der Waals surface area contributed by atoms with Gasteiger partial charge in [0, 0.05) is 20.9 Å². The predicted octanol–water partition coefficient (Wildman–Crippen LogP) is 9.15. The third kappa shape index (κ3) is 8.22. The Kier molecular flexibility index (Phi) is 9.52. The molecule has 0 aliphatic rings. The van der Waals surface area contributed by atoms with Crippen molar-refractivity contribution in [3.8, 4) is 23.0 Å². The third-order valence-electron chi connectivity index (χ3n) is 6.70. The first-order chi connectivity index (χ1) is 18.5. The second-order valence-corrected chi connectivity index (χ2v) is 13.5. The monoisotopic (exact) mass is 558 g/mol. The van der Waals surface area contributed by atoms with Gasteiger partial charge in [0.2, 0.25) is 0 Å². The Labute approximate surface area is 243 Å². The Hall–Kier alpha value is -3.57. The van der Waals surface area contributed by atoms with E-state index >= 15 is 0 Å². The highest BCUT2D eigenvalue weighted by molar-refractivity contribution is 7.99. The molecule has 40 heavy (non-hydrogen) atoms. The van der Waals surface area contributed by atoms with E-state index in [0.29, 0.717) is 11.5 Å². The van der Waals surface area contributed by atoms with Crippen molar-refractivity contribution in [3.05, 3.63) is 106 Å². The summed E-state index contributed by atoms with van der Waals surface area (Å²) in [5.74, 6) is 1.27. The van der Waals surface area contributed by atoms with Gasteiger partial charge < -0.3 is 20.4 Å². The molecule has 0 unspecified atom stereocenters. The molecule has 0 bridgehead atoms. The molecule has 5 heteroatoms. The number of hydrogen-bond donors (Lipinski definition) is 4. The molecule has 0 atom stereocenters. The quantitative estimate of drug-likeness (QED) is 0.201. The molecule has 4 aromatic carbocycles. The average Bonchev–Trinajstić information content (AvgIpc) is 2.84. The van der Waals surface area contributed by atoms with Crippen LogP contribution in [0.1, 0.15) is 74.9 Å². The van der Waals surface area contributed by atoms with E-state index in [1.54, 1.807) is 36.0 Å². The number of rotatable bonds is 4. The Morgan fingerprint density at radius 1 is 0.525 bits per heavy atom. The highest BCUT2D eigenvalue weighted by Gasteiger charge is 2.22. The van der Waals surface area contributed by atoms with Crippen molar-refractivity contribution < 1.29 is 20.4 Å². The zero-order valence-corrected chi connectivity index (χ0v) is 25.6. The van der Waals surface area contributed by atoms with Gasteiger partial charge in [0.05, 0.1) is 0 Å². The summed E-state index contributed by atoms with van der Waals surface area (Å²) >= 11 is 1.70. The summed E-state index contributed by atoms with van der Waals surface area (Å²) in [4.78, 5) is 2.27. The highest BCUT2D eigenvalue weighted by Crippen LogP contribution is 2.42. The fourth-order valence-corrected chi connectivity index (χ4v) is 5.38. The van der Waals surface area contributed by atoms with Crippen LogP contribution in [0.4, 0.5) is 0 Å². The van der Waals surface area contributed by atoms with Gasteiger partial charge in [0.1, 0.15) is 23.0 Å². The molecule has 0 spiro atoms. The van der Waals surface area contributed by atoms with Gasteiger partial charge in [-0.1, -0.05) is 77.6 Å². The largest absolute Gasteiger partial charge is 0.508 e. The van der Waals surface area contributed by atoms with Crippen molar-refractivity contribution in [2.24, 2.45) is 0 Å². The van der Waals surface area contributed by atoms with Crippen LogP contribution in [-0.2, 0) is 17.3 Å². The fourth-order valence-electron chi connectivity index (χ4n) is 4.35. The lowest BCUT2D eigenvalue weighted by atomic mass is 9.86. The van der Waals surface area contributed by atoms with Gasteiger partial charge in [-0.15, -0.1) is 0 Å². The van der Waals surface area contributed by atoms with Crippen molar-refractivity contribution in [2.75, 3.05) is 0 Å². The van der Waals surface area contributed by atoms with Crippen molar-refractivity contribution in [3.63, 3.8) is 0 Å². The molecule has 0 heterocycles. The maximum absolute atomic E-state index is 10.3. The molecule has 212 valence electrons. The van der Waals surface area contributed by atoms with Crippen LogP contribution in [0.3, 0.4) is 0 Å². The van der Waals surface area contributed by atoms with Crippen LogP contribution >= 0.6 is 11.8 Å².